The third-order valence-electron chi connectivity index (χ3n) is 4.44. The van der Waals surface area contributed by atoms with Gasteiger partial charge in [-0.1, -0.05) is 47.7 Å². The summed E-state index contributed by atoms with van der Waals surface area (Å²) in [6, 6.07) is 17.3. The van der Waals surface area contributed by atoms with E-state index in [0.717, 1.165) is 11.1 Å². The predicted molar refractivity (Wildman–Crippen MR) is 119 cm³/mol. The maximum absolute atomic E-state index is 13.0. The van der Waals surface area contributed by atoms with Crippen LogP contribution in [0.3, 0.4) is 0 Å². The van der Waals surface area contributed by atoms with E-state index in [4.69, 9.17) is 28.2 Å². The van der Waals surface area contributed by atoms with Crippen LogP contribution in [-0.2, 0) is 11.2 Å². The van der Waals surface area contributed by atoms with Crippen LogP contribution in [0.25, 0.3) is 17.4 Å². The molecule has 0 atom stereocenters. The van der Waals surface area contributed by atoms with Gasteiger partial charge in [-0.3, -0.25) is 9.69 Å². The first-order valence-corrected chi connectivity index (χ1v) is 10.5. The number of thiocarbonyl (C=S) groups is 1. The maximum atomic E-state index is 13.0. The van der Waals surface area contributed by atoms with Gasteiger partial charge >= 0.3 is 0 Å². The highest BCUT2D eigenvalue weighted by Gasteiger charge is 2.31. The van der Waals surface area contributed by atoms with E-state index in [2.05, 4.69) is 0 Å². The number of halogens is 2. The van der Waals surface area contributed by atoms with E-state index in [1.54, 1.807) is 35.2 Å². The fraction of sp³-hybridized carbons (Fsp3) is 0.0909. The average molecular weight is 444 g/mol. The smallest absolute Gasteiger partial charge is 0.266 e. The molecule has 1 aliphatic rings. The Morgan fingerprint density at radius 2 is 1.79 bits per heavy atom. The summed E-state index contributed by atoms with van der Waals surface area (Å²) < 4.78 is 19.4. The topological polar surface area (TPSA) is 33.5 Å². The number of carbonyl (C=O) groups is 1. The molecule has 1 saturated heterocycles. The lowest BCUT2D eigenvalue weighted by atomic mass is 10.1. The Bertz CT molecular complexity index is 1090. The van der Waals surface area contributed by atoms with Crippen molar-refractivity contribution in [1.82, 2.24) is 4.90 Å². The molecule has 1 fully saturated rings. The third kappa shape index (κ3) is 4.61. The van der Waals surface area contributed by atoms with E-state index in [-0.39, 0.29) is 11.7 Å². The van der Waals surface area contributed by atoms with Gasteiger partial charge in [-0.2, -0.15) is 0 Å². The molecule has 3 aromatic rings. The second-order valence-corrected chi connectivity index (χ2v) is 8.53. The quantitative estimate of drug-likeness (QED) is 0.348. The van der Waals surface area contributed by atoms with E-state index in [1.165, 1.54) is 23.9 Å². The molecule has 0 aliphatic carbocycles. The largest absolute Gasteiger partial charge is 0.457 e. The molecule has 1 aliphatic heterocycles. The van der Waals surface area contributed by atoms with Gasteiger partial charge in [0.25, 0.3) is 5.91 Å². The average Bonchev–Trinajstić information content (AvgIpc) is 3.27. The molecule has 0 radical (unpaired) electrons. The highest BCUT2D eigenvalue weighted by atomic mass is 35.5. The van der Waals surface area contributed by atoms with Gasteiger partial charge < -0.3 is 4.42 Å². The summed E-state index contributed by atoms with van der Waals surface area (Å²) in [6.45, 7) is 0.446. The minimum Gasteiger partial charge on any atom is -0.457 e. The summed E-state index contributed by atoms with van der Waals surface area (Å²) in [4.78, 5) is 14.8. The van der Waals surface area contributed by atoms with Crippen molar-refractivity contribution in [2.45, 2.75) is 6.42 Å². The normalized spacial score (nSPS) is 15.5. The number of hydrogen-bond acceptors (Lipinski definition) is 4. The second kappa shape index (κ2) is 8.53. The number of furan rings is 1. The SMILES string of the molecule is O=C1/C(=C/c2ccc(-c3ccc(Cl)cc3)o2)SC(=S)N1CCc1ccc(F)cc1. The van der Waals surface area contributed by atoms with Crippen LogP contribution in [0.5, 0.6) is 0 Å². The van der Waals surface area contributed by atoms with Gasteiger partial charge in [0.15, 0.2) is 0 Å². The summed E-state index contributed by atoms with van der Waals surface area (Å²) in [7, 11) is 0. The lowest BCUT2D eigenvalue weighted by Gasteiger charge is -2.14. The van der Waals surface area contributed by atoms with Crippen molar-refractivity contribution in [2.24, 2.45) is 0 Å². The molecule has 3 nitrogen and oxygen atoms in total. The number of carbonyl (C=O) groups excluding carboxylic acids is 1. The lowest BCUT2D eigenvalue weighted by molar-refractivity contribution is -0.122. The standard InChI is InChI=1S/C22H15ClFNO2S2/c23-16-5-3-15(4-6-16)19-10-9-18(27-19)13-20-21(26)25(22(28)29-20)12-11-14-1-7-17(24)8-2-14/h1-10,13H,11-12H2/b20-13-. The van der Waals surface area contributed by atoms with Gasteiger partial charge in [0.05, 0.1) is 4.91 Å². The molecule has 1 aromatic heterocycles. The van der Waals surface area contributed by atoms with Crippen LogP contribution in [0.2, 0.25) is 5.02 Å². The van der Waals surface area contributed by atoms with Crippen LogP contribution >= 0.6 is 35.6 Å². The van der Waals surface area contributed by atoms with Gasteiger partial charge in [0.2, 0.25) is 0 Å². The molecule has 1 amide bonds. The molecule has 2 heterocycles. The van der Waals surface area contributed by atoms with Crippen molar-refractivity contribution in [3.63, 3.8) is 0 Å². The minimum absolute atomic E-state index is 0.147. The molecule has 0 unspecified atom stereocenters. The van der Waals surface area contributed by atoms with Crippen LogP contribution in [0, 0.1) is 5.82 Å². The molecule has 0 N–H and O–H groups in total. The highest BCUT2D eigenvalue weighted by molar-refractivity contribution is 8.26. The maximum Gasteiger partial charge on any atom is 0.266 e. The molecule has 2 aromatic carbocycles. The van der Waals surface area contributed by atoms with Crippen molar-refractivity contribution in [3.05, 3.63) is 87.7 Å². The third-order valence-corrected chi connectivity index (χ3v) is 6.07. The van der Waals surface area contributed by atoms with Crippen molar-refractivity contribution in [3.8, 4) is 11.3 Å². The van der Waals surface area contributed by atoms with Crippen molar-refractivity contribution < 1.29 is 13.6 Å². The Hall–Kier alpha value is -2.41. The zero-order chi connectivity index (χ0) is 20.4. The number of rotatable bonds is 5. The molecule has 29 heavy (non-hydrogen) atoms. The van der Waals surface area contributed by atoms with Crippen molar-refractivity contribution in [1.29, 1.82) is 0 Å². The predicted octanol–water partition coefficient (Wildman–Crippen LogP) is 6.18. The Balaban J connectivity index is 1.46. The Morgan fingerprint density at radius 3 is 2.52 bits per heavy atom. The lowest BCUT2D eigenvalue weighted by Crippen LogP contribution is -2.30. The first kappa shape index (κ1) is 19.9. The summed E-state index contributed by atoms with van der Waals surface area (Å²) in [5, 5.41) is 0.657. The number of hydrogen-bond donors (Lipinski definition) is 0. The summed E-state index contributed by atoms with van der Waals surface area (Å²) in [5.41, 5.74) is 1.85. The van der Waals surface area contributed by atoms with Crippen LogP contribution < -0.4 is 0 Å². The monoisotopic (exact) mass is 443 g/mol. The van der Waals surface area contributed by atoms with Crippen LogP contribution in [0.15, 0.2) is 70.0 Å². The molecule has 7 heteroatoms. The van der Waals surface area contributed by atoms with E-state index in [0.29, 0.717) is 38.7 Å². The molecule has 4 rings (SSSR count). The molecule has 146 valence electrons. The molecule has 0 saturated carbocycles. The fourth-order valence-electron chi connectivity index (χ4n) is 2.91. The zero-order valence-corrected chi connectivity index (χ0v) is 17.5. The molecule has 0 spiro atoms. The number of benzene rings is 2. The zero-order valence-electron chi connectivity index (χ0n) is 15.1. The fourth-order valence-corrected chi connectivity index (χ4v) is 4.33. The molecular weight excluding hydrogens is 429 g/mol. The number of nitrogens with zero attached hydrogens (tertiary/aromatic N) is 1. The van der Waals surface area contributed by atoms with Gasteiger partial charge in [-0.15, -0.1) is 0 Å². The van der Waals surface area contributed by atoms with Gasteiger partial charge in [-0.25, -0.2) is 4.39 Å². The summed E-state index contributed by atoms with van der Waals surface area (Å²) in [6.07, 6.45) is 2.30. The minimum atomic E-state index is -0.279. The van der Waals surface area contributed by atoms with E-state index >= 15 is 0 Å². The molecular formula is C22H15ClFNO2S2. The van der Waals surface area contributed by atoms with Crippen molar-refractivity contribution in [2.75, 3.05) is 6.54 Å². The van der Waals surface area contributed by atoms with Gasteiger partial charge in [-0.05, 0) is 60.5 Å². The second-order valence-electron chi connectivity index (χ2n) is 6.42. The highest BCUT2D eigenvalue weighted by Crippen LogP contribution is 2.34. The van der Waals surface area contributed by atoms with E-state index < -0.39 is 0 Å². The summed E-state index contributed by atoms with van der Waals surface area (Å²) >= 11 is 12.5. The Kier molecular flexibility index (Phi) is 5.85. The van der Waals surface area contributed by atoms with E-state index in [1.807, 2.05) is 24.3 Å². The van der Waals surface area contributed by atoms with Crippen LogP contribution in [0.1, 0.15) is 11.3 Å². The van der Waals surface area contributed by atoms with Crippen molar-refractivity contribution >= 4 is 51.9 Å². The Labute approximate surface area is 182 Å². The van der Waals surface area contributed by atoms with Crippen LogP contribution in [-0.4, -0.2) is 21.7 Å². The van der Waals surface area contributed by atoms with Gasteiger partial charge in [0.1, 0.15) is 21.7 Å². The number of amides is 1. The number of thioether (sulfide) groups is 1. The molecule has 0 bridgehead atoms. The first-order valence-electron chi connectivity index (χ1n) is 8.85. The van der Waals surface area contributed by atoms with Crippen LogP contribution in [0.4, 0.5) is 4.39 Å². The van der Waals surface area contributed by atoms with Gasteiger partial charge in [0, 0.05) is 23.2 Å². The first-order chi connectivity index (χ1) is 14.0. The van der Waals surface area contributed by atoms with E-state index in [9.17, 15) is 9.18 Å². The Morgan fingerprint density at radius 1 is 1.07 bits per heavy atom. The summed E-state index contributed by atoms with van der Waals surface area (Å²) in [5.74, 6) is 0.846.